The quantitative estimate of drug-likeness (QED) is 0.452. The minimum atomic E-state index is -0.806. The lowest BCUT2D eigenvalue weighted by molar-refractivity contribution is 0.395. The van der Waals surface area contributed by atoms with Gasteiger partial charge in [-0.05, 0) is 12.8 Å². The normalized spacial score (nSPS) is 12.6. The number of isocyanates is 3. The predicted molar refractivity (Wildman–Crippen MR) is 51.7 cm³/mol. The van der Waals surface area contributed by atoms with E-state index in [2.05, 4.69) is 15.0 Å². The molecule has 0 aromatic carbocycles. The molecule has 0 aliphatic carbocycles. The van der Waals surface area contributed by atoms with Gasteiger partial charge in [0, 0.05) is 0 Å². The highest BCUT2D eigenvalue weighted by molar-refractivity contribution is 5.37. The van der Waals surface area contributed by atoms with E-state index in [4.69, 9.17) is 0 Å². The molecule has 1 unspecified atom stereocenters. The number of hydrogen-bond donors (Lipinski definition) is 0. The van der Waals surface area contributed by atoms with Crippen molar-refractivity contribution in [3.05, 3.63) is 0 Å². The highest BCUT2D eigenvalue weighted by Gasteiger charge is 2.27. The lowest BCUT2D eigenvalue weighted by Gasteiger charge is -2.22. The highest BCUT2D eigenvalue weighted by Crippen LogP contribution is 2.20. The first-order valence-electron chi connectivity index (χ1n) is 4.41. The topological polar surface area (TPSA) is 88.3 Å². The number of aliphatic imine (C=N–C) groups is 3. The summed E-state index contributed by atoms with van der Waals surface area (Å²) in [7, 11) is 0. The van der Waals surface area contributed by atoms with Crippen LogP contribution in [0.3, 0.4) is 0 Å². The van der Waals surface area contributed by atoms with Gasteiger partial charge < -0.3 is 0 Å². The first-order chi connectivity index (χ1) is 7.24. The van der Waals surface area contributed by atoms with Crippen LogP contribution >= 0.6 is 0 Å². The summed E-state index contributed by atoms with van der Waals surface area (Å²) in [6.45, 7) is 2.04. The van der Waals surface area contributed by atoms with Gasteiger partial charge in [-0.2, -0.15) is 4.99 Å². The van der Waals surface area contributed by atoms with Crippen LogP contribution in [0.1, 0.15) is 19.8 Å². The van der Waals surface area contributed by atoms with Gasteiger partial charge in [0.05, 0.1) is 18.6 Å². The van der Waals surface area contributed by atoms with Crippen LogP contribution < -0.4 is 0 Å². The maximum absolute atomic E-state index is 10.2. The van der Waals surface area contributed by atoms with Gasteiger partial charge >= 0.3 is 0 Å². The second kappa shape index (κ2) is 7.54. The van der Waals surface area contributed by atoms with Gasteiger partial charge in [0.15, 0.2) is 0 Å². The van der Waals surface area contributed by atoms with Crippen molar-refractivity contribution >= 4 is 18.2 Å². The maximum Gasteiger partial charge on any atom is 0.235 e. The van der Waals surface area contributed by atoms with E-state index in [0.717, 1.165) is 0 Å². The fourth-order valence-corrected chi connectivity index (χ4v) is 1.12. The van der Waals surface area contributed by atoms with Gasteiger partial charge in [-0.1, -0.05) is 6.92 Å². The summed E-state index contributed by atoms with van der Waals surface area (Å²) in [5.74, 6) is 0. The molecular weight excluding hydrogens is 198 g/mol. The summed E-state index contributed by atoms with van der Waals surface area (Å²) in [5.41, 5.74) is -0.806. The van der Waals surface area contributed by atoms with Crippen molar-refractivity contribution < 1.29 is 14.4 Å². The average Bonchev–Trinajstić information content (AvgIpc) is 2.26. The molecule has 0 N–H and O–H groups in total. The Hall–Kier alpha value is -1.86. The standard InChI is InChI=1S/C9H11N3O3/c1-2-9(12-8-15,5-11-7-14)3-4-10-6-13/h2-5H2,1H3. The Bertz CT molecular complexity index is 337. The predicted octanol–water partition coefficient (Wildman–Crippen LogP) is 0.533. The van der Waals surface area contributed by atoms with Crippen LogP contribution in [0.25, 0.3) is 0 Å². The zero-order valence-corrected chi connectivity index (χ0v) is 8.39. The van der Waals surface area contributed by atoms with Crippen molar-refractivity contribution in [2.75, 3.05) is 13.1 Å². The fraction of sp³-hybridized carbons (Fsp3) is 0.667. The molecule has 6 nitrogen and oxygen atoms in total. The van der Waals surface area contributed by atoms with E-state index >= 15 is 0 Å². The van der Waals surface area contributed by atoms with Crippen molar-refractivity contribution in [1.82, 2.24) is 0 Å². The average molecular weight is 209 g/mol. The largest absolute Gasteiger partial charge is 0.235 e. The molecule has 0 aromatic rings. The van der Waals surface area contributed by atoms with E-state index in [1.807, 2.05) is 0 Å². The van der Waals surface area contributed by atoms with Crippen LogP contribution in [-0.2, 0) is 14.4 Å². The van der Waals surface area contributed by atoms with Gasteiger partial charge in [-0.25, -0.2) is 24.4 Å². The van der Waals surface area contributed by atoms with Crippen LogP contribution in [0.5, 0.6) is 0 Å². The smallest absolute Gasteiger partial charge is 0.211 e. The molecule has 0 fully saturated rings. The Labute approximate surface area is 86.8 Å². The van der Waals surface area contributed by atoms with Crippen LogP contribution in [0, 0.1) is 0 Å². The molecule has 0 aliphatic rings. The zero-order valence-electron chi connectivity index (χ0n) is 8.39. The summed E-state index contributed by atoms with van der Waals surface area (Å²) in [6, 6.07) is 0. The van der Waals surface area contributed by atoms with Crippen LogP contribution in [0.4, 0.5) is 0 Å². The van der Waals surface area contributed by atoms with E-state index in [-0.39, 0.29) is 13.1 Å². The number of hydrogen-bond acceptors (Lipinski definition) is 6. The van der Waals surface area contributed by atoms with E-state index in [0.29, 0.717) is 12.8 Å². The molecule has 0 spiro atoms. The molecule has 0 bridgehead atoms. The van der Waals surface area contributed by atoms with Crippen molar-refractivity contribution in [3.63, 3.8) is 0 Å². The Morgan fingerprint density at radius 2 is 1.73 bits per heavy atom. The third kappa shape index (κ3) is 4.79. The molecule has 80 valence electrons. The van der Waals surface area contributed by atoms with Gasteiger partial charge in [0.1, 0.15) is 0 Å². The van der Waals surface area contributed by atoms with Gasteiger partial charge in [-0.3, -0.25) is 0 Å². The summed E-state index contributed by atoms with van der Waals surface area (Å²) in [5, 5.41) is 0. The number of carbonyl (C=O) groups excluding carboxylic acids is 3. The molecule has 6 heteroatoms. The molecule has 0 rings (SSSR count). The van der Waals surface area contributed by atoms with Crippen LogP contribution in [0.2, 0.25) is 0 Å². The SMILES string of the molecule is CCC(CCN=C=O)(CN=C=O)N=C=O. The second-order valence-corrected chi connectivity index (χ2v) is 2.91. The van der Waals surface area contributed by atoms with E-state index < -0.39 is 5.54 Å². The summed E-state index contributed by atoms with van der Waals surface area (Å²) < 4.78 is 0. The Morgan fingerprint density at radius 3 is 2.20 bits per heavy atom. The lowest BCUT2D eigenvalue weighted by Crippen LogP contribution is -2.30. The van der Waals surface area contributed by atoms with E-state index in [1.54, 1.807) is 6.92 Å². The minimum absolute atomic E-state index is 0.0522. The van der Waals surface area contributed by atoms with Crippen molar-refractivity contribution in [1.29, 1.82) is 0 Å². The monoisotopic (exact) mass is 209 g/mol. The number of rotatable bonds is 7. The second-order valence-electron chi connectivity index (χ2n) is 2.91. The molecule has 0 aromatic heterocycles. The Morgan fingerprint density at radius 1 is 1.07 bits per heavy atom. The zero-order chi connectivity index (χ0) is 11.6. The Balaban J connectivity index is 4.69. The summed E-state index contributed by atoms with van der Waals surface area (Å²) >= 11 is 0. The molecule has 0 saturated heterocycles. The maximum atomic E-state index is 10.2. The van der Waals surface area contributed by atoms with Crippen LogP contribution in [0.15, 0.2) is 15.0 Å². The number of nitrogens with zero attached hydrogens (tertiary/aromatic N) is 3. The third-order valence-electron chi connectivity index (χ3n) is 2.13. The molecule has 0 radical (unpaired) electrons. The van der Waals surface area contributed by atoms with Crippen molar-refractivity contribution in [3.8, 4) is 0 Å². The van der Waals surface area contributed by atoms with Gasteiger partial charge in [-0.15, -0.1) is 0 Å². The van der Waals surface area contributed by atoms with Gasteiger partial charge in [0.25, 0.3) is 0 Å². The molecular formula is C9H11N3O3. The van der Waals surface area contributed by atoms with Crippen molar-refractivity contribution in [2.45, 2.75) is 25.3 Å². The van der Waals surface area contributed by atoms with Gasteiger partial charge in [0.2, 0.25) is 18.2 Å². The van der Waals surface area contributed by atoms with E-state index in [9.17, 15) is 14.4 Å². The molecule has 0 amide bonds. The molecule has 1 atom stereocenters. The Kier molecular flexibility index (Phi) is 6.60. The third-order valence-corrected chi connectivity index (χ3v) is 2.13. The molecule has 15 heavy (non-hydrogen) atoms. The lowest BCUT2D eigenvalue weighted by atomic mass is 9.93. The van der Waals surface area contributed by atoms with Crippen molar-refractivity contribution in [2.24, 2.45) is 15.0 Å². The first-order valence-corrected chi connectivity index (χ1v) is 4.41. The molecule has 0 aliphatic heterocycles. The minimum Gasteiger partial charge on any atom is -0.211 e. The molecule has 0 heterocycles. The highest BCUT2D eigenvalue weighted by atomic mass is 16.1. The van der Waals surface area contributed by atoms with E-state index in [1.165, 1.54) is 18.2 Å². The summed E-state index contributed by atoms with van der Waals surface area (Å²) in [6.07, 6.45) is 5.06. The first kappa shape index (κ1) is 13.1. The molecule has 0 saturated carbocycles. The fourth-order valence-electron chi connectivity index (χ4n) is 1.12. The van der Waals surface area contributed by atoms with Crippen LogP contribution in [-0.4, -0.2) is 36.9 Å². The summed E-state index contributed by atoms with van der Waals surface area (Å²) in [4.78, 5) is 40.5.